The largest absolute Gasteiger partial charge is 0.358 e. The molecule has 0 aromatic carbocycles. The van der Waals surface area contributed by atoms with Gasteiger partial charge in [-0.2, -0.15) is 5.10 Å². The van der Waals surface area contributed by atoms with Gasteiger partial charge in [0.1, 0.15) is 11.4 Å². The lowest BCUT2D eigenvalue weighted by Crippen LogP contribution is -2.02. The van der Waals surface area contributed by atoms with Gasteiger partial charge in [-0.15, -0.1) is 0 Å². The highest BCUT2D eigenvalue weighted by atomic mass is 19.1. The summed E-state index contributed by atoms with van der Waals surface area (Å²) in [5.41, 5.74) is 6.28. The fourth-order valence-corrected chi connectivity index (χ4v) is 4.52. The highest BCUT2D eigenvalue weighted by Crippen LogP contribution is 2.34. The van der Waals surface area contributed by atoms with E-state index in [-0.39, 0.29) is 11.1 Å². The van der Waals surface area contributed by atoms with Crippen molar-refractivity contribution in [2.45, 2.75) is 20.3 Å². The van der Waals surface area contributed by atoms with Crippen LogP contribution < -0.4 is 5.32 Å². The van der Waals surface area contributed by atoms with Crippen LogP contribution in [-0.2, 0) is 0 Å². The van der Waals surface area contributed by atoms with Gasteiger partial charge in [-0.1, -0.05) is 20.4 Å². The maximum Gasteiger partial charge on any atom is 0.161 e. The lowest BCUT2D eigenvalue weighted by Gasteiger charge is -2.12. The van der Waals surface area contributed by atoms with Gasteiger partial charge in [-0.3, -0.25) is 25.0 Å². The number of aromatic nitrogens is 8. The number of allylic oxidation sites excluding steroid dienone is 1. The van der Waals surface area contributed by atoms with E-state index in [2.05, 4.69) is 60.9 Å². The molecule has 0 spiro atoms. The first-order valence-electron chi connectivity index (χ1n) is 12.1. The normalized spacial score (nSPS) is 11.5. The number of nitrogens with zero attached hydrogens (tertiary/aromatic N) is 6. The summed E-state index contributed by atoms with van der Waals surface area (Å²) in [6.45, 7) is 8.32. The Balaban J connectivity index is 1.42. The number of hydrogen-bond donors (Lipinski definition) is 3. The SMILES string of the molecule is C=C(CC(C)C)Nc1cncc(-c2ncc3[nH]nc(-c4nc5c(-c6ccncc6)cncc5[nH]4)c3c2F)c1. The van der Waals surface area contributed by atoms with Crippen LogP contribution in [0.5, 0.6) is 0 Å². The van der Waals surface area contributed by atoms with Crippen LogP contribution in [0, 0.1) is 11.7 Å². The van der Waals surface area contributed by atoms with Crippen LogP contribution in [0.2, 0.25) is 0 Å². The van der Waals surface area contributed by atoms with E-state index in [4.69, 9.17) is 4.98 Å². The number of halogens is 1. The van der Waals surface area contributed by atoms with Gasteiger partial charge in [-0.25, -0.2) is 9.37 Å². The third kappa shape index (κ3) is 4.26. The molecule has 0 atom stereocenters. The van der Waals surface area contributed by atoms with Gasteiger partial charge in [0.25, 0.3) is 0 Å². The summed E-state index contributed by atoms with van der Waals surface area (Å²) in [6.07, 6.45) is 12.5. The molecule has 0 aliphatic carbocycles. The molecule has 0 bridgehead atoms. The Morgan fingerprint density at radius 2 is 1.79 bits per heavy atom. The summed E-state index contributed by atoms with van der Waals surface area (Å²) in [4.78, 5) is 25.1. The number of aromatic amines is 2. The van der Waals surface area contributed by atoms with Crippen LogP contribution >= 0.6 is 0 Å². The number of fused-ring (bicyclic) bond motifs is 2. The molecule has 6 aromatic rings. The smallest absolute Gasteiger partial charge is 0.161 e. The van der Waals surface area contributed by atoms with Crippen molar-refractivity contribution < 1.29 is 4.39 Å². The summed E-state index contributed by atoms with van der Waals surface area (Å²) >= 11 is 0. The first kappa shape index (κ1) is 23.4. The lowest BCUT2D eigenvalue weighted by atomic mass is 10.1. The van der Waals surface area contributed by atoms with E-state index in [0.717, 1.165) is 28.9 Å². The van der Waals surface area contributed by atoms with Gasteiger partial charge < -0.3 is 10.3 Å². The number of H-pyrrole nitrogens is 2. The highest BCUT2D eigenvalue weighted by Gasteiger charge is 2.21. The number of hydrogen-bond acceptors (Lipinski definition) is 7. The Kier molecular flexibility index (Phi) is 5.83. The van der Waals surface area contributed by atoms with E-state index >= 15 is 4.39 Å². The van der Waals surface area contributed by atoms with Crippen molar-refractivity contribution in [2.24, 2.45) is 5.92 Å². The van der Waals surface area contributed by atoms with Gasteiger partial charge in [0.2, 0.25) is 0 Å². The summed E-state index contributed by atoms with van der Waals surface area (Å²) < 4.78 is 16.1. The molecular formula is C28H24FN9. The van der Waals surface area contributed by atoms with Gasteiger partial charge in [0.05, 0.1) is 46.2 Å². The molecule has 0 unspecified atom stereocenters. The van der Waals surface area contributed by atoms with Gasteiger partial charge >= 0.3 is 0 Å². The van der Waals surface area contributed by atoms with Crippen LogP contribution in [0.1, 0.15) is 20.3 Å². The average Bonchev–Trinajstić information content (AvgIpc) is 3.54. The van der Waals surface area contributed by atoms with E-state index in [0.29, 0.717) is 39.5 Å². The second-order valence-corrected chi connectivity index (χ2v) is 9.48. The van der Waals surface area contributed by atoms with E-state index in [1.54, 1.807) is 43.4 Å². The molecule has 6 rings (SSSR count). The number of anilines is 1. The van der Waals surface area contributed by atoms with Crippen molar-refractivity contribution in [2.75, 3.05) is 5.32 Å². The number of rotatable bonds is 7. The molecule has 38 heavy (non-hydrogen) atoms. The Bertz CT molecular complexity index is 1790. The number of pyridine rings is 4. The Morgan fingerprint density at radius 3 is 2.61 bits per heavy atom. The Labute approximate surface area is 217 Å². The Hall–Kier alpha value is -4.99. The van der Waals surface area contributed by atoms with E-state index < -0.39 is 5.82 Å². The molecule has 6 heterocycles. The fourth-order valence-electron chi connectivity index (χ4n) is 4.52. The molecule has 0 aliphatic rings. The number of imidazole rings is 1. The van der Waals surface area contributed by atoms with Gasteiger partial charge in [0, 0.05) is 41.6 Å². The predicted molar refractivity (Wildman–Crippen MR) is 145 cm³/mol. The minimum atomic E-state index is -0.515. The molecule has 10 heteroatoms. The zero-order chi connectivity index (χ0) is 26.2. The quantitative estimate of drug-likeness (QED) is 0.239. The molecule has 188 valence electrons. The van der Waals surface area contributed by atoms with Gasteiger partial charge in [-0.05, 0) is 36.1 Å². The molecule has 0 amide bonds. The van der Waals surface area contributed by atoms with Crippen molar-refractivity contribution in [3.63, 3.8) is 0 Å². The third-order valence-electron chi connectivity index (χ3n) is 6.14. The summed E-state index contributed by atoms with van der Waals surface area (Å²) in [7, 11) is 0. The van der Waals surface area contributed by atoms with E-state index in [9.17, 15) is 0 Å². The molecule has 0 saturated carbocycles. The molecule has 0 fully saturated rings. The predicted octanol–water partition coefficient (Wildman–Crippen LogP) is 6.13. The fraction of sp³-hybridized carbons (Fsp3) is 0.143. The molecule has 0 aliphatic heterocycles. The highest BCUT2D eigenvalue weighted by molar-refractivity contribution is 5.97. The van der Waals surface area contributed by atoms with Crippen molar-refractivity contribution in [3.8, 4) is 33.9 Å². The number of nitrogens with one attached hydrogen (secondary N) is 3. The summed E-state index contributed by atoms with van der Waals surface area (Å²) in [6, 6.07) is 5.59. The average molecular weight is 506 g/mol. The van der Waals surface area contributed by atoms with Crippen LogP contribution in [0.4, 0.5) is 10.1 Å². The first-order chi connectivity index (χ1) is 18.5. The summed E-state index contributed by atoms with van der Waals surface area (Å²) in [5.74, 6) is 0.366. The zero-order valence-electron chi connectivity index (χ0n) is 20.8. The zero-order valence-corrected chi connectivity index (χ0v) is 20.8. The van der Waals surface area contributed by atoms with E-state index in [1.165, 1.54) is 0 Å². The topological polar surface area (TPSA) is 121 Å². The molecule has 9 nitrogen and oxygen atoms in total. The third-order valence-corrected chi connectivity index (χ3v) is 6.14. The van der Waals surface area contributed by atoms with Crippen molar-refractivity contribution >= 4 is 27.6 Å². The van der Waals surface area contributed by atoms with Gasteiger partial charge in [0.15, 0.2) is 11.6 Å². The lowest BCUT2D eigenvalue weighted by molar-refractivity contribution is 0.638. The molecule has 6 aromatic heterocycles. The van der Waals surface area contributed by atoms with Crippen molar-refractivity contribution in [3.05, 3.63) is 79.7 Å². The standard InChI is InChI=1S/C28H24FN9/c1-15(2)8-16(3)34-19-9-18(10-31-11-19)25-24(29)23-21(14-33-25)37-38-27(23)28-35-22-13-32-12-20(26(22)36-28)17-4-6-30-7-5-17/h4-7,9-15,34H,3,8H2,1-2H3,(H,35,36)(H,37,38). The minimum absolute atomic E-state index is 0.168. The first-order valence-corrected chi connectivity index (χ1v) is 12.1. The minimum Gasteiger partial charge on any atom is -0.358 e. The van der Waals surface area contributed by atoms with E-state index in [1.807, 2.05) is 18.2 Å². The molecule has 0 saturated heterocycles. The maximum absolute atomic E-state index is 16.1. The van der Waals surface area contributed by atoms with Crippen LogP contribution in [0.15, 0.2) is 73.9 Å². The second-order valence-electron chi connectivity index (χ2n) is 9.48. The monoisotopic (exact) mass is 505 g/mol. The van der Waals surface area contributed by atoms with Crippen LogP contribution in [0.25, 0.3) is 55.8 Å². The molecule has 0 radical (unpaired) electrons. The van der Waals surface area contributed by atoms with Crippen molar-refractivity contribution in [1.82, 2.24) is 40.1 Å². The van der Waals surface area contributed by atoms with Crippen molar-refractivity contribution in [1.29, 1.82) is 0 Å². The van der Waals surface area contributed by atoms with Crippen LogP contribution in [0.3, 0.4) is 0 Å². The summed E-state index contributed by atoms with van der Waals surface area (Å²) in [5, 5.41) is 10.8. The van der Waals surface area contributed by atoms with Crippen LogP contribution in [-0.4, -0.2) is 40.1 Å². The maximum atomic E-state index is 16.1. The molecule has 3 N–H and O–H groups in total. The Morgan fingerprint density at radius 1 is 0.974 bits per heavy atom. The molecular weight excluding hydrogens is 481 g/mol. The second kappa shape index (κ2) is 9.47.